The average Bonchev–Trinajstić information content (AvgIpc) is 3.04. The summed E-state index contributed by atoms with van der Waals surface area (Å²) >= 11 is 0. The van der Waals surface area contributed by atoms with Crippen LogP contribution in [-0.4, -0.2) is 17.9 Å². The predicted molar refractivity (Wildman–Crippen MR) is 87.8 cm³/mol. The summed E-state index contributed by atoms with van der Waals surface area (Å²) in [7, 11) is 0. The number of Topliss-reactive ketones (excluding diaryl/α,β-unsaturated/α-hetero) is 1. The lowest BCUT2D eigenvalue weighted by Crippen LogP contribution is -2.45. The van der Waals surface area contributed by atoms with E-state index < -0.39 is 29.1 Å². The van der Waals surface area contributed by atoms with Crippen LogP contribution in [0.3, 0.4) is 0 Å². The zero-order valence-electron chi connectivity index (χ0n) is 14.5. The fourth-order valence-electron chi connectivity index (χ4n) is 4.12. The number of carbonyl (C=O) groups is 2. The van der Waals surface area contributed by atoms with Crippen LogP contribution in [0.5, 0.6) is 0 Å². The molecule has 0 unspecified atom stereocenters. The second-order valence-corrected chi connectivity index (χ2v) is 6.68. The van der Waals surface area contributed by atoms with Crippen LogP contribution in [0.1, 0.15) is 36.7 Å². The van der Waals surface area contributed by atoms with Gasteiger partial charge >= 0.3 is 11.8 Å². The SMILES string of the molecule is CC1=C(C(=O)OC(C)C)[C@@]23C(=O)c4ccccc4[C@@]2(O1)OC(N)=C3C#N. The van der Waals surface area contributed by atoms with Crippen molar-refractivity contribution in [1.29, 1.82) is 5.26 Å². The van der Waals surface area contributed by atoms with Crippen molar-refractivity contribution in [1.82, 2.24) is 0 Å². The predicted octanol–water partition coefficient (Wildman–Crippen LogP) is 2.00. The maximum absolute atomic E-state index is 13.5. The third kappa shape index (κ3) is 1.53. The number of rotatable bonds is 2. The summed E-state index contributed by atoms with van der Waals surface area (Å²) in [6, 6.07) is 8.66. The zero-order chi connectivity index (χ0) is 18.9. The molecule has 0 amide bonds. The number of ketones is 1. The molecule has 2 aliphatic heterocycles. The van der Waals surface area contributed by atoms with E-state index in [1.165, 1.54) is 0 Å². The number of carbonyl (C=O) groups excluding carboxylic acids is 2. The van der Waals surface area contributed by atoms with Gasteiger partial charge in [-0.3, -0.25) is 4.79 Å². The summed E-state index contributed by atoms with van der Waals surface area (Å²) < 4.78 is 17.1. The van der Waals surface area contributed by atoms with Gasteiger partial charge in [-0.1, -0.05) is 24.3 Å². The zero-order valence-corrected chi connectivity index (χ0v) is 14.5. The molecule has 0 spiro atoms. The van der Waals surface area contributed by atoms with Crippen molar-refractivity contribution in [2.24, 2.45) is 11.1 Å². The van der Waals surface area contributed by atoms with Crippen molar-refractivity contribution < 1.29 is 23.8 Å². The monoisotopic (exact) mass is 352 g/mol. The highest BCUT2D eigenvalue weighted by molar-refractivity contribution is 6.16. The highest BCUT2D eigenvalue weighted by atomic mass is 16.7. The molecular formula is C19H16N2O5. The lowest BCUT2D eigenvalue weighted by Gasteiger charge is -2.31. The second-order valence-electron chi connectivity index (χ2n) is 6.68. The standard InChI is InChI=1S/C19H16N2O5/c1-9(2)24-17(23)14-10(3)25-19-12-7-5-4-6-11(12)15(22)18(14,19)13(8-20)16(21)26-19/h4-7,9H,21H2,1-3H3/t18-,19+/m0/s1. The van der Waals surface area contributed by atoms with E-state index in [2.05, 4.69) is 0 Å². The Morgan fingerprint density at radius 2 is 2.00 bits per heavy atom. The number of nitrogens with two attached hydrogens (primary N) is 1. The summed E-state index contributed by atoms with van der Waals surface area (Å²) in [6.45, 7) is 4.94. The van der Waals surface area contributed by atoms with E-state index in [9.17, 15) is 14.9 Å². The van der Waals surface area contributed by atoms with Gasteiger partial charge < -0.3 is 19.9 Å². The van der Waals surface area contributed by atoms with Crippen LogP contribution >= 0.6 is 0 Å². The van der Waals surface area contributed by atoms with Gasteiger partial charge in [0.2, 0.25) is 5.88 Å². The summed E-state index contributed by atoms with van der Waals surface area (Å²) in [4.78, 5) is 26.4. The first-order chi connectivity index (χ1) is 12.3. The van der Waals surface area contributed by atoms with Crippen LogP contribution in [0.25, 0.3) is 0 Å². The Labute approximate surface area is 149 Å². The smallest absolute Gasteiger partial charge is 0.339 e. The summed E-state index contributed by atoms with van der Waals surface area (Å²) in [6.07, 6.45) is -0.415. The molecule has 26 heavy (non-hydrogen) atoms. The van der Waals surface area contributed by atoms with Gasteiger partial charge in [0, 0.05) is 11.1 Å². The molecule has 4 rings (SSSR count). The Bertz CT molecular complexity index is 984. The van der Waals surface area contributed by atoms with E-state index in [4.69, 9.17) is 19.9 Å². The number of esters is 1. The number of hydrogen-bond acceptors (Lipinski definition) is 7. The molecule has 1 aliphatic carbocycles. The number of nitrogens with zero attached hydrogens (tertiary/aromatic N) is 1. The van der Waals surface area contributed by atoms with Crippen LogP contribution in [0.4, 0.5) is 0 Å². The van der Waals surface area contributed by atoms with Crippen molar-refractivity contribution in [3.05, 3.63) is 58.2 Å². The van der Waals surface area contributed by atoms with Crippen molar-refractivity contribution in [2.45, 2.75) is 32.7 Å². The Balaban J connectivity index is 2.05. The van der Waals surface area contributed by atoms with Crippen LogP contribution in [-0.2, 0) is 24.8 Å². The quantitative estimate of drug-likeness (QED) is 0.810. The number of benzene rings is 1. The van der Waals surface area contributed by atoms with Crippen LogP contribution in [0.2, 0.25) is 0 Å². The van der Waals surface area contributed by atoms with Crippen molar-refractivity contribution in [2.75, 3.05) is 0 Å². The molecule has 0 saturated heterocycles. The molecule has 0 fully saturated rings. The van der Waals surface area contributed by atoms with Crippen molar-refractivity contribution in [3.8, 4) is 6.07 Å². The third-order valence-corrected chi connectivity index (χ3v) is 4.92. The minimum atomic E-state index is -1.79. The molecule has 2 atom stereocenters. The van der Waals surface area contributed by atoms with Crippen LogP contribution < -0.4 is 5.73 Å². The van der Waals surface area contributed by atoms with E-state index in [0.29, 0.717) is 11.1 Å². The van der Waals surface area contributed by atoms with Crippen LogP contribution in [0.15, 0.2) is 47.1 Å². The second kappa shape index (κ2) is 4.88. The molecule has 0 radical (unpaired) electrons. The Kier molecular flexibility index (Phi) is 3.04. The number of nitriles is 1. The first-order valence-electron chi connectivity index (χ1n) is 8.16. The van der Waals surface area contributed by atoms with Crippen LogP contribution in [0, 0.1) is 16.7 Å². The van der Waals surface area contributed by atoms with Gasteiger partial charge in [0.15, 0.2) is 11.2 Å². The van der Waals surface area contributed by atoms with Crippen molar-refractivity contribution in [3.63, 3.8) is 0 Å². The molecule has 7 heteroatoms. The van der Waals surface area contributed by atoms with Gasteiger partial charge in [-0.2, -0.15) is 5.26 Å². The number of ether oxygens (including phenoxy) is 3. The Morgan fingerprint density at radius 3 is 2.65 bits per heavy atom. The first-order valence-corrected chi connectivity index (χ1v) is 8.16. The summed E-state index contributed by atoms with van der Waals surface area (Å²) in [5.74, 6) is -2.92. The van der Waals surface area contributed by atoms with Gasteiger partial charge in [-0.15, -0.1) is 0 Å². The Hall–Kier alpha value is -3.27. The number of allylic oxidation sites excluding steroid dienone is 1. The fourth-order valence-corrected chi connectivity index (χ4v) is 4.12. The molecule has 1 aromatic carbocycles. The lowest BCUT2D eigenvalue weighted by atomic mass is 9.69. The number of fused-ring (bicyclic) bond motifs is 1. The number of hydrogen-bond donors (Lipinski definition) is 1. The van der Waals surface area contributed by atoms with Gasteiger partial charge in [0.1, 0.15) is 23.0 Å². The first kappa shape index (κ1) is 16.2. The maximum Gasteiger partial charge on any atom is 0.339 e. The molecule has 0 saturated carbocycles. The molecule has 2 heterocycles. The largest absolute Gasteiger partial charge is 0.459 e. The highest BCUT2D eigenvalue weighted by Gasteiger charge is 2.80. The molecule has 2 N–H and O–H groups in total. The molecule has 132 valence electrons. The van der Waals surface area contributed by atoms with E-state index in [1.54, 1.807) is 45.0 Å². The summed E-state index contributed by atoms with van der Waals surface area (Å²) in [5, 5.41) is 9.74. The topological polar surface area (TPSA) is 112 Å². The Morgan fingerprint density at radius 1 is 1.31 bits per heavy atom. The van der Waals surface area contributed by atoms with E-state index >= 15 is 0 Å². The van der Waals surface area contributed by atoms with Gasteiger partial charge in [0.25, 0.3) is 0 Å². The minimum Gasteiger partial charge on any atom is -0.459 e. The van der Waals surface area contributed by atoms with Gasteiger partial charge in [-0.05, 0) is 20.8 Å². The fraction of sp³-hybridized carbons (Fsp3) is 0.316. The molecule has 0 bridgehead atoms. The third-order valence-electron chi connectivity index (χ3n) is 4.92. The van der Waals surface area contributed by atoms with Crippen molar-refractivity contribution >= 4 is 11.8 Å². The highest BCUT2D eigenvalue weighted by Crippen LogP contribution is 2.69. The molecular weight excluding hydrogens is 336 g/mol. The van der Waals surface area contributed by atoms with E-state index in [0.717, 1.165) is 0 Å². The summed E-state index contributed by atoms with van der Waals surface area (Å²) in [5.41, 5.74) is 4.72. The minimum absolute atomic E-state index is 0.0376. The lowest BCUT2D eigenvalue weighted by molar-refractivity contribution is -0.199. The molecule has 7 nitrogen and oxygen atoms in total. The molecule has 1 aromatic rings. The average molecular weight is 352 g/mol. The van der Waals surface area contributed by atoms with Gasteiger partial charge in [-0.25, -0.2) is 4.79 Å². The van der Waals surface area contributed by atoms with E-state index in [-0.39, 0.29) is 22.8 Å². The molecule has 3 aliphatic rings. The molecule has 0 aromatic heterocycles. The van der Waals surface area contributed by atoms with E-state index in [1.807, 2.05) is 6.07 Å². The maximum atomic E-state index is 13.5. The van der Waals surface area contributed by atoms with Gasteiger partial charge in [0.05, 0.1) is 6.10 Å². The normalized spacial score (nSPS) is 28.3.